The van der Waals surface area contributed by atoms with Gasteiger partial charge in [-0.3, -0.25) is 14.6 Å². The smallest absolute Gasteiger partial charge is 0.254 e. The molecule has 5 rings (SSSR count). The minimum absolute atomic E-state index is 0.114. The fourth-order valence-electron chi connectivity index (χ4n) is 5.69. The SMILES string of the molecule is CCc1noc([C@H](c2nc3c(F)c(-c4cnccc4C(=O)N(C)C)ccc3[nH]2)C2CCC(C)CC2)c1C(N)=O. The number of amides is 2. The number of imidazole rings is 1. The lowest BCUT2D eigenvalue weighted by Gasteiger charge is -2.30. The number of nitrogens with one attached hydrogen (secondary N) is 1. The van der Waals surface area contributed by atoms with Crippen LogP contribution < -0.4 is 5.73 Å². The summed E-state index contributed by atoms with van der Waals surface area (Å²) in [7, 11) is 3.29. The third kappa shape index (κ3) is 4.79. The standard InChI is InChI=1S/C29H33FN6O3/c1-5-20-23(27(31)37)26(39-35-20)22(16-8-6-15(2)7-9-16)28-33-21-11-10-17(24(30)25(21)34-28)19-14-32-13-12-18(19)29(38)36(3)4/h10-16,22H,5-9H2,1-4H3,(H2,31,37)(H,33,34)/t15?,16?,22-/m1/s1. The molecule has 2 amide bonds. The molecule has 1 atom stereocenters. The lowest BCUT2D eigenvalue weighted by Crippen LogP contribution is -2.24. The van der Waals surface area contributed by atoms with E-state index in [1.54, 1.807) is 32.3 Å². The molecule has 39 heavy (non-hydrogen) atoms. The number of rotatable bonds is 7. The highest BCUT2D eigenvalue weighted by Gasteiger charge is 2.37. The number of fused-ring (bicyclic) bond motifs is 1. The molecule has 3 N–H and O–H groups in total. The highest BCUT2D eigenvalue weighted by Crippen LogP contribution is 2.43. The summed E-state index contributed by atoms with van der Waals surface area (Å²) in [5.41, 5.74) is 8.17. The Morgan fingerprint density at radius 3 is 2.59 bits per heavy atom. The predicted molar refractivity (Wildman–Crippen MR) is 145 cm³/mol. The molecule has 1 aliphatic carbocycles. The van der Waals surface area contributed by atoms with Crippen molar-refractivity contribution in [3.63, 3.8) is 0 Å². The maximum Gasteiger partial charge on any atom is 0.254 e. The quantitative estimate of drug-likeness (QED) is 0.342. The molecule has 0 aliphatic heterocycles. The van der Waals surface area contributed by atoms with Crippen LogP contribution in [0, 0.1) is 17.7 Å². The normalized spacial score (nSPS) is 18.3. The fraction of sp³-hybridized carbons (Fsp3) is 0.414. The Labute approximate surface area is 226 Å². The van der Waals surface area contributed by atoms with Crippen molar-refractivity contribution in [3.05, 3.63) is 64.8 Å². The molecular weight excluding hydrogens is 499 g/mol. The number of halogens is 1. The van der Waals surface area contributed by atoms with Crippen LogP contribution in [-0.2, 0) is 6.42 Å². The average molecular weight is 533 g/mol. The second-order valence-electron chi connectivity index (χ2n) is 10.7. The fourth-order valence-corrected chi connectivity index (χ4v) is 5.69. The first-order valence-electron chi connectivity index (χ1n) is 13.3. The van der Waals surface area contributed by atoms with Crippen LogP contribution in [0.2, 0.25) is 0 Å². The van der Waals surface area contributed by atoms with E-state index in [-0.39, 0.29) is 28.5 Å². The first-order chi connectivity index (χ1) is 18.7. The van der Waals surface area contributed by atoms with Crippen molar-refractivity contribution < 1.29 is 18.5 Å². The van der Waals surface area contributed by atoms with Gasteiger partial charge in [0.25, 0.3) is 11.8 Å². The number of hydrogen-bond donors (Lipinski definition) is 2. The molecule has 204 valence electrons. The number of nitrogens with two attached hydrogens (primary N) is 1. The summed E-state index contributed by atoms with van der Waals surface area (Å²) in [5, 5.41) is 4.14. The first kappa shape index (κ1) is 26.5. The predicted octanol–water partition coefficient (Wildman–Crippen LogP) is 5.07. The number of hydrogen-bond acceptors (Lipinski definition) is 6. The summed E-state index contributed by atoms with van der Waals surface area (Å²) < 4.78 is 21.9. The van der Waals surface area contributed by atoms with E-state index < -0.39 is 17.6 Å². The lowest BCUT2D eigenvalue weighted by molar-refractivity contribution is 0.0828. The van der Waals surface area contributed by atoms with E-state index in [2.05, 4.69) is 22.0 Å². The van der Waals surface area contributed by atoms with Crippen molar-refractivity contribution in [2.75, 3.05) is 14.1 Å². The number of aromatic amines is 1. The Balaban J connectivity index is 1.65. The number of primary amides is 1. The molecule has 0 unspecified atom stereocenters. The highest BCUT2D eigenvalue weighted by molar-refractivity contribution is 6.01. The average Bonchev–Trinajstić information content (AvgIpc) is 3.55. The van der Waals surface area contributed by atoms with E-state index in [0.29, 0.717) is 46.3 Å². The molecule has 10 heteroatoms. The summed E-state index contributed by atoms with van der Waals surface area (Å²) in [6.45, 7) is 4.12. The van der Waals surface area contributed by atoms with E-state index >= 15 is 4.39 Å². The van der Waals surface area contributed by atoms with Crippen LogP contribution in [0.1, 0.15) is 83.4 Å². The third-order valence-electron chi connectivity index (χ3n) is 7.84. The Hall–Kier alpha value is -4.08. The summed E-state index contributed by atoms with van der Waals surface area (Å²) in [5.74, 6) is -0.257. The Morgan fingerprint density at radius 2 is 1.92 bits per heavy atom. The zero-order valence-electron chi connectivity index (χ0n) is 22.6. The number of nitrogens with zero attached hydrogens (tertiary/aromatic N) is 4. The van der Waals surface area contributed by atoms with Gasteiger partial charge in [0, 0.05) is 37.6 Å². The van der Waals surface area contributed by atoms with Crippen molar-refractivity contribution in [1.29, 1.82) is 0 Å². The van der Waals surface area contributed by atoms with E-state index in [4.69, 9.17) is 15.2 Å². The van der Waals surface area contributed by atoms with Gasteiger partial charge in [0.1, 0.15) is 16.9 Å². The summed E-state index contributed by atoms with van der Waals surface area (Å²) in [4.78, 5) is 38.9. The molecule has 1 aromatic carbocycles. The molecular formula is C29H33FN6O3. The molecule has 1 saturated carbocycles. The number of aryl methyl sites for hydroxylation is 1. The minimum atomic E-state index is -0.600. The van der Waals surface area contributed by atoms with E-state index in [0.717, 1.165) is 25.7 Å². The molecule has 9 nitrogen and oxygen atoms in total. The van der Waals surface area contributed by atoms with Crippen molar-refractivity contribution >= 4 is 22.8 Å². The van der Waals surface area contributed by atoms with Gasteiger partial charge in [0.15, 0.2) is 11.6 Å². The minimum Gasteiger partial charge on any atom is -0.365 e. The first-order valence-corrected chi connectivity index (χ1v) is 13.3. The van der Waals surface area contributed by atoms with E-state index in [9.17, 15) is 9.59 Å². The monoisotopic (exact) mass is 532 g/mol. The van der Waals surface area contributed by atoms with Crippen LogP contribution in [0.4, 0.5) is 4.39 Å². The number of carbonyl (C=O) groups excluding carboxylic acids is 2. The molecule has 0 spiro atoms. The number of carbonyl (C=O) groups is 2. The second-order valence-corrected chi connectivity index (χ2v) is 10.7. The van der Waals surface area contributed by atoms with Crippen molar-refractivity contribution in [1.82, 2.24) is 25.0 Å². The number of benzene rings is 1. The molecule has 1 aliphatic rings. The Kier molecular flexibility index (Phi) is 7.20. The number of H-pyrrole nitrogens is 1. The zero-order valence-corrected chi connectivity index (χ0v) is 22.6. The largest absolute Gasteiger partial charge is 0.365 e. The van der Waals surface area contributed by atoms with Crippen LogP contribution in [-0.4, -0.2) is 50.9 Å². The van der Waals surface area contributed by atoms with Gasteiger partial charge in [-0.15, -0.1) is 0 Å². The van der Waals surface area contributed by atoms with Crippen LogP contribution in [0.5, 0.6) is 0 Å². The van der Waals surface area contributed by atoms with E-state index in [1.807, 2.05) is 6.92 Å². The van der Waals surface area contributed by atoms with Crippen LogP contribution >= 0.6 is 0 Å². The van der Waals surface area contributed by atoms with Gasteiger partial charge in [-0.25, -0.2) is 9.37 Å². The van der Waals surface area contributed by atoms with Gasteiger partial charge in [0.2, 0.25) is 0 Å². The van der Waals surface area contributed by atoms with Crippen molar-refractivity contribution in [2.24, 2.45) is 17.6 Å². The lowest BCUT2D eigenvalue weighted by atomic mass is 9.74. The van der Waals surface area contributed by atoms with Gasteiger partial charge in [-0.05, 0) is 49.3 Å². The Morgan fingerprint density at radius 1 is 1.18 bits per heavy atom. The number of aromatic nitrogens is 4. The molecule has 4 aromatic rings. The highest BCUT2D eigenvalue weighted by atomic mass is 19.1. The van der Waals surface area contributed by atoms with Gasteiger partial charge < -0.3 is 20.1 Å². The second kappa shape index (κ2) is 10.6. The molecule has 0 bridgehead atoms. The van der Waals surface area contributed by atoms with Gasteiger partial charge in [0.05, 0.1) is 22.7 Å². The zero-order chi connectivity index (χ0) is 27.8. The Bertz CT molecular complexity index is 1530. The molecule has 1 fully saturated rings. The van der Waals surface area contributed by atoms with Crippen LogP contribution in [0.3, 0.4) is 0 Å². The molecule has 0 radical (unpaired) electrons. The maximum atomic E-state index is 16.1. The molecule has 3 aromatic heterocycles. The summed E-state index contributed by atoms with van der Waals surface area (Å²) in [6, 6.07) is 4.95. The molecule has 3 heterocycles. The van der Waals surface area contributed by atoms with Gasteiger partial charge >= 0.3 is 0 Å². The summed E-state index contributed by atoms with van der Waals surface area (Å²) in [6.07, 6.45) is 7.37. The third-order valence-corrected chi connectivity index (χ3v) is 7.84. The van der Waals surface area contributed by atoms with Gasteiger partial charge in [-0.1, -0.05) is 31.8 Å². The van der Waals surface area contributed by atoms with E-state index in [1.165, 1.54) is 17.3 Å². The maximum absolute atomic E-state index is 16.1. The summed E-state index contributed by atoms with van der Waals surface area (Å²) >= 11 is 0. The van der Waals surface area contributed by atoms with Crippen molar-refractivity contribution in [2.45, 2.75) is 51.9 Å². The number of pyridine rings is 1. The topological polar surface area (TPSA) is 131 Å². The van der Waals surface area contributed by atoms with Crippen LogP contribution in [0.25, 0.3) is 22.2 Å². The molecule has 0 saturated heterocycles. The van der Waals surface area contributed by atoms with Crippen molar-refractivity contribution in [3.8, 4) is 11.1 Å². The van der Waals surface area contributed by atoms with Crippen LogP contribution in [0.15, 0.2) is 35.1 Å². The van der Waals surface area contributed by atoms with Gasteiger partial charge in [-0.2, -0.15) is 0 Å².